The molecule has 3 aromatic rings. The third-order valence-electron chi connectivity index (χ3n) is 6.38. The summed E-state index contributed by atoms with van der Waals surface area (Å²) >= 11 is 0. The fourth-order valence-corrected chi connectivity index (χ4v) is 4.55. The lowest BCUT2D eigenvalue weighted by Gasteiger charge is -2.35. The largest absolute Gasteiger partial charge is 0.493 e. The van der Waals surface area contributed by atoms with Crippen LogP contribution < -0.4 is 9.47 Å². The van der Waals surface area contributed by atoms with Crippen LogP contribution >= 0.6 is 0 Å². The van der Waals surface area contributed by atoms with Crippen LogP contribution in [0, 0.1) is 5.92 Å². The van der Waals surface area contributed by atoms with Crippen molar-refractivity contribution >= 4 is 11.8 Å². The standard InChI is InChI=1S/C25H25N3O3/c1-30-21-11-10-18(14-22(21)31-2)25(17-6-4-3-5-7-17)13-12-19-20(15-25)26-27-24(19)23(28-29)16-8-9-16/h3-7,10-14,16,29H,8-9,15H2,1-2H3,(H,26,27). The molecule has 2 aromatic carbocycles. The van der Waals surface area contributed by atoms with Crippen LogP contribution in [0.5, 0.6) is 11.5 Å². The van der Waals surface area contributed by atoms with E-state index in [1.165, 1.54) is 5.56 Å². The lowest BCUT2D eigenvalue weighted by Crippen LogP contribution is -2.30. The van der Waals surface area contributed by atoms with E-state index in [9.17, 15) is 5.21 Å². The molecular weight excluding hydrogens is 390 g/mol. The van der Waals surface area contributed by atoms with Gasteiger partial charge in [-0.05, 0) is 36.1 Å². The number of allylic oxidation sites excluding steroid dienone is 1. The zero-order chi connectivity index (χ0) is 21.4. The highest BCUT2D eigenvalue weighted by molar-refractivity contribution is 6.04. The number of methoxy groups -OCH3 is 2. The van der Waals surface area contributed by atoms with Gasteiger partial charge in [-0.3, -0.25) is 5.10 Å². The maximum Gasteiger partial charge on any atom is 0.161 e. The number of oxime groups is 1. The molecule has 6 nitrogen and oxygen atoms in total. The van der Waals surface area contributed by atoms with Crippen LogP contribution in [-0.4, -0.2) is 35.3 Å². The Balaban J connectivity index is 1.64. The van der Waals surface area contributed by atoms with E-state index >= 15 is 0 Å². The molecule has 0 spiro atoms. The normalized spacial score (nSPS) is 20.4. The van der Waals surface area contributed by atoms with E-state index in [1.54, 1.807) is 14.2 Å². The molecule has 2 N–H and O–H groups in total. The van der Waals surface area contributed by atoms with Gasteiger partial charge >= 0.3 is 0 Å². The number of H-pyrrole nitrogens is 1. The number of aromatic nitrogens is 2. The van der Waals surface area contributed by atoms with Crippen molar-refractivity contribution < 1.29 is 14.7 Å². The number of nitrogens with one attached hydrogen (secondary N) is 1. The van der Waals surface area contributed by atoms with Gasteiger partial charge in [-0.2, -0.15) is 5.10 Å². The first-order valence-corrected chi connectivity index (χ1v) is 10.5. The van der Waals surface area contributed by atoms with Crippen LogP contribution in [0.4, 0.5) is 0 Å². The Morgan fingerprint density at radius 2 is 1.84 bits per heavy atom. The van der Waals surface area contributed by atoms with E-state index in [0.717, 1.165) is 35.4 Å². The molecule has 1 unspecified atom stereocenters. The number of rotatable bonds is 6. The molecule has 0 aliphatic heterocycles. The maximum atomic E-state index is 9.56. The van der Waals surface area contributed by atoms with Crippen molar-refractivity contribution in [2.45, 2.75) is 24.7 Å². The molecular formula is C25H25N3O3. The number of hydrogen-bond donors (Lipinski definition) is 2. The van der Waals surface area contributed by atoms with E-state index in [4.69, 9.17) is 9.47 Å². The zero-order valence-corrected chi connectivity index (χ0v) is 17.6. The summed E-state index contributed by atoms with van der Waals surface area (Å²) in [5.41, 5.74) is 5.36. The van der Waals surface area contributed by atoms with E-state index in [-0.39, 0.29) is 0 Å². The van der Waals surface area contributed by atoms with E-state index in [0.29, 0.717) is 29.5 Å². The predicted octanol–water partition coefficient (Wildman–Crippen LogP) is 4.57. The average Bonchev–Trinajstić information content (AvgIpc) is 3.59. The van der Waals surface area contributed by atoms with Crippen LogP contribution in [0.15, 0.2) is 59.8 Å². The molecule has 0 radical (unpaired) electrons. The van der Waals surface area contributed by atoms with E-state index in [1.807, 2.05) is 18.2 Å². The lowest BCUT2D eigenvalue weighted by atomic mass is 9.68. The molecule has 158 valence electrons. The Morgan fingerprint density at radius 3 is 2.52 bits per heavy atom. The van der Waals surface area contributed by atoms with Crippen molar-refractivity contribution in [3.05, 3.63) is 82.7 Å². The van der Waals surface area contributed by atoms with Crippen molar-refractivity contribution in [1.29, 1.82) is 0 Å². The van der Waals surface area contributed by atoms with Crippen LogP contribution in [0.3, 0.4) is 0 Å². The Hall–Kier alpha value is -3.54. The highest BCUT2D eigenvalue weighted by atomic mass is 16.5. The fraction of sp³-hybridized carbons (Fsp3) is 0.280. The van der Waals surface area contributed by atoms with Crippen molar-refractivity contribution in [2.75, 3.05) is 14.2 Å². The van der Waals surface area contributed by atoms with Crippen molar-refractivity contribution in [1.82, 2.24) is 10.2 Å². The van der Waals surface area contributed by atoms with Crippen molar-refractivity contribution in [3.63, 3.8) is 0 Å². The van der Waals surface area contributed by atoms with Crippen molar-refractivity contribution in [2.24, 2.45) is 11.1 Å². The molecule has 0 amide bonds. The van der Waals surface area contributed by atoms with Gasteiger partial charge in [-0.1, -0.05) is 53.7 Å². The number of aromatic amines is 1. The van der Waals surface area contributed by atoms with Gasteiger partial charge in [0.15, 0.2) is 11.5 Å². The molecule has 1 atom stereocenters. The minimum atomic E-state index is -0.395. The average molecular weight is 415 g/mol. The summed E-state index contributed by atoms with van der Waals surface area (Å²) in [4.78, 5) is 0. The van der Waals surface area contributed by atoms with Gasteiger partial charge in [0.1, 0.15) is 11.4 Å². The first-order valence-electron chi connectivity index (χ1n) is 10.5. The third kappa shape index (κ3) is 3.19. The number of nitrogens with zero attached hydrogens (tertiary/aromatic N) is 2. The minimum Gasteiger partial charge on any atom is -0.493 e. The van der Waals surface area contributed by atoms with Gasteiger partial charge < -0.3 is 14.7 Å². The first kappa shape index (κ1) is 19.4. The molecule has 6 heteroatoms. The molecule has 31 heavy (non-hydrogen) atoms. The van der Waals surface area contributed by atoms with Crippen LogP contribution in [-0.2, 0) is 11.8 Å². The molecule has 2 aliphatic rings. The topological polar surface area (TPSA) is 79.7 Å². The minimum absolute atomic E-state index is 0.303. The van der Waals surface area contributed by atoms with Crippen LogP contribution in [0.2, 0.25) is 0 Å². The number of ether oxygens (including phenoxy) is 2. The summed E-state index contributed by atoms with van der Waals surface area (Å²) in [6, 6.07) is 16.5. The van der Waals surface area contributed by atoms with Gasteiger partial charge in [0, 0.05) is 29.0 Å². The third-order valence-corrected chi connectivity index (χ3v) is 6.38. The number of hydrogen-bond acceptors (Lipinski definition) is 5. The fourth-order valence-electron chi connectivity index (χ4n) is 4.55. The van der Waals surface area contributed by atoms with Gasteiger partial charge in [0.05, 0.1) is 14.2 Å². The summed E-state index contributed by atoms with van der Waals surface area (Å²) in [5, 5.41) is 20.9. The Kier molecular flexibility index (Phi) is 4.77. The Labute approximate surface area is 181 Å². The number of benzene rings is 2. The van der Waals surface area contributed by atoms with Gasteiger partial charge in [-0.15, -0.1) is 0 Å². The predicted molar refractivity (Wildman–Crippen MR) is 119 cm³/mol. The summed E-state index contributed by atoms with van der Waals surface area (Å²) in [7, 11) is 3.30. The SMILES string of the molecule is COc1ccc(C2(c3ccccc3)C=Cc3c(C(=NO)C4CC4)n[nH]c3C2)cc1OC. The summed E-state index contributed by atoms with van der Waals surface area (Å²) in [5.74, 6) is 1.70. The summed E-state index contributed by atoms with van der Waals surface area (Å²) < 4.78 is 11.0. The van der Waals surface area contributed by atoms with Gasteiger partial charge in [0.2, 0.25) is 0 Å². The highest BCUT2D eigenvalue weighted by Gasteiger charge is 2.39. The van der Waals surface area contributed by atoms with Crippen molar-refractivity contribution in [3.8, 4) is 11.5 Å². The van der Waals surface area contributed by atoms with Gasteiger partial charge in [-0.25, -0.2) is 0 Å². The lowest BCUT2D eigenvalue weighted by molar-refractivity contribution is 0.317. The first-order chi connectivity index (χ1) is 15.2. The molecule has 1 heterocycles. The Morgan fingerprint density at radius 1 is 1.06 bits per heavy atom. The smallest absolute Gasteiger partial charge is 0.161 e. The molecule has 2 aliphatic carbocycles. The molecule has 1 aromatic heterocycles. The molecule has 1 saturated carbocycles. The second kappa shape index (κ2) is 7.61. The zero-order valence-electron chi connectivity index (χ0n) is 17.6. The molecule has 0 bridgehead atoms. The van der Waals surface area contributed by atoms with Crippen LogP contribution in [0.25, 0.3) is 6.08 Å². The molecule has 5 rings (SSSR count). The monoisotopic (exact) mass is 415 g/mol. The summed E-state index contributed by atoms with van der Waals surface area (Å²) in [6.45, 7) is 0. The molecule has 1 fully saturated rings. The van der Waals surface area contributed by atoms with E-state index < -0.39 is 5.41 Å². The summed E-state index contributed by atoms with van der Waals surface area (Å²) in [6.07, 6.45) is 7.13. The quantitative estimate of drug-likeness (QED) is 0.351. The second-order valence-electron chi connectivity index (χ2n) is 8.14. The second-order valence-corrected chi connectivity index (χ2v) is 8.14. The van der Waals surface area contributed by atoms with Gasteiger partial charge in [0.25, 0.3) is 0 Å². The highest BCUT2D eigenvalue weighted by Crippen LogP contribution is 2.45. The van der Waals surface area contributed by atoms with Crippen LogP contribution in [0.1, 0.15) is 40.9 Å². The number of fused-ring (bicyclic) bond motifs is 1. The molecule has 0 saturated heterocycles. The van der Waals surface area contributed by atoms with E-state index in [2.05, 4.69) is 57.8 Å². The Bertz CT molecular complexity index is 1160. The maximum absolute atomic E-state index is 9.56.